The summed E-state index contributed by atoms with van der Waals surface area (Å²) in [5.74, 6) is 2.21. The first kappa shape index (κ1) is 7.97. The van der Waals surface area contributed by atoms with Crippen molar-refractivity contribution in [3.8, 4) is 11.5 Å². The van der Waals surface area contributed by atoms with Gasteiger partial charge in [0.25, 0.3) is 0 Å². The van der Waals surface area contributed by atoms with E-state index in [0.29, 0.717) is 11.5 Å². The Balaban J connectivity index is 2.35. The second-order valence-corrected chi connectivity index (χ2v) is 2.78. The molecule has 5 heteroatoms. The molecule has 0 aliphatic rings. The molecular weight excluding hydrogens is 168 g/mol. The molecule has 0 aliphatic heterocycles. The van der Waals surface area contributed by atoms with Gasteiger partial charge in [-0.1, -0.05) is 12.1 Å². The number of nitrogens with zero attached hydrogens (tertiary/aromatic N) is 3. The molecule has 68 valence electrons. The van der Waals surface area contributed by atoms with Crippen LogP contribution in [0.3, 0.4) is 0 Å². The summed E-state index contributed by atoms with van der Waals surface area (Å²) < 4.78 is 4.92. The van der Waals surface area contributed by atoms with Gasteiger partial charge < -0.3 is 4.52 Å². The van der Waals surface area contributed by atoms with Crippen LogP contribution in [0.5, 0.6) is 0 Å². The van der Waals surface area contributed by atoms with E-state index in [1.165, 1.54) is 0 Å². The zero-order chi connectivity index (χ0) is 9.26. The zero-order valence-electron chi connectivity index (χ0n) is 7.53. The summed E-state index contributed by atoms with van der Waals surface area (Å²) in [7, 11) is 0. The lowest BCUT2D eigenvalue weighted by Gasteiger charge is -1.81. The number of aromatic amines is 1. The minimum Gasteiger partial charge on any atom is -0.361 e. The fourth-order valence-electron chi connectivity index (χ4n) is 1.04. The maximum Gasteiger partial charge on any atom is 0.203 e. The predicted octanol–water partition coefficient (Wildman–Crippen LogP) is 1.33. The van der Waals surface area contributed by atoms with Crippen LogP contribution in [0, 0.1) is 6.92 Å². The summed E-state index contributed by atoms with van der Waals surface area (Å²) in [6.07, 6.45) is 0.837. The van der Waals surface area contributed by atoms with Crippen LogP contribution in [-0.4, -0.2) is 20.3 Å². The van der Waals surface area contributed by atoms with Crippen molar-refractivity contribution in [2.24, 2.45) is 0 Å². The topological polar surface area (TPSA) is 67.6 Å². The third-order valence-corrected chi connectivity index (χ3v) is 1.72. The summed E-state index contributed by atoms with van der Waals surface area (Å²) in [5.41, 5.74) is 0.674. The molecule has 0 saturated carbocycles. The van der Waals surface area contributed by atoms with Gasteiger partial charge in [0.15, 0.2) is 5.69 Å². The van der Waals surface area contributed by atoms with Crippen molar-refractivity contribution in [2.75, 3.05) is 0 Å². The highest BCUT2D eigenvalue weighted by atomic mass is 16.5. The third-order valence-electron chi connectivity index (χ3n) is 1.72. The van der Waals surface area contributed by atoms with Crippen molar-refractivity contribution in [3.63, 3.8) is 0 Å². The highest BCUT2D eigenvalue weighted by Gasteiger charge is 2.08. The summed E-state index contributed by atoms with van der Waals surface area (Å²) in [5, 5.41) is 10.6. The summed E-state index contributed by atoms with van der Waals surface area (Å²) in [6, 6.07) is 1.81. The fourth-order valence-corrected chi connectivity index (χ4v) is 1.04. The molecule has 2 aromatic heterocycles. The second-order valence-electron chi connectivity index (χ2n) is 2.78. The normalized spacial score (nSPS) is 10.6. The van der Waals surface area contributed by atoms with Crippen molar-refractivity contribution < 1.29 is 4.52 Å². The largest absolute Gasteiger partial charge is 0.361 e. The number of hydrogen-bond acceptors (Lipinski definition) is 4. The maximum atomic E-state index is 4.92. The minimum atomic E-state index is 0.591. The van der Waals surface area contributed by atoms with Gasteiger partial charge in [0.1, 0.15) is 11.6 Å². The number of aryl methyl sites for hydroxylation is 2. The van der Waals surface area contributed by atoms with Gasteiger partial charge in [-0.2, -0.15) is 5.10 Å². The number of aromatic nitrogens is 4. The first-order chi connectivity index (χ1) is 6.29. The molecule has 0 amide bonds. The lowest BCUT2D eigenvalue weighted by molar-refractivity contribution is 0.399. The van der Waals surface area contributed by atoms with E-state index in [2.05, 4.69) is 20.3 Å². The molecule has 13 heavy (non-hydrogen) atoms. The monoisotopic (exact) mass is 178 g/mol. The quantitative estimate of drug-likeness (QED) is 0.753. The van der Waals surface area contributed by atoms with Crippen LogP contribution < -0.4 is 0 Å². The molecule has 0 unspecified atom stereocenters. The van der Waals surface area contributed by atoms with E-state index in [-0.39, 0.29) is 0 Å². The Morgan fingerprint density at radius 1 is 1.54 bits per heavy atom. The molecule has 2 aromatic rings. The molecular formula is C8H10N4O. The zero-order valence-corrected chi connectivity index (χ0v) is 7.53. The summed E-state index contributed by atoms with van der Waals surface area (Å²) in [6.45, 7) is 3.85. The summed E-state index contributed by atoms with van der Waals surface area (Å²) in [4.78, 5) is 4.22. The molecule has 0 aliphatic carbocycles. The van der Waals surface area contributed by atoms with Crippen LogP contribution in [0.15, 0.2) is 10.6 Å². The smallest absolute Gasteiger partial charge is 0.203 e. The van der Waals surface area contributed by atoms with Gasteiger partial charge in [0.05, 0.1) is 0 Å². The molecule has 1 N–H and O–H groups in total. The van der Waals surface area contributed by atoms with Crippen LogP contribution in [-0.2, 0) is 6.42 Å². The van der Waals surface area contributed by atoms with Crippen LogP contribution in [0.25, 0.3) is 11.5 Å². The van der Waals surface area contributed by atoms with Gasteiger partial charge in [-0.25, -0.2) is 4.98 Å². The van der Waals surface area contributed by atoms with Crippen molar-refractivity contribution in [1.82, 2.24) is 20.3 Å². The van der Waals surface area contributed by atoms with Crippen molar-refractivity contribution in [3.05, 3.63) is 17.7 Å². The Hall–Kier alpha value is -1.65. The van der Waals surface area contributed by atoms with Crippen LogP contribution in [0.2, 0.25) is 0 Å². The van der Waals surface area contributed by atoms with Gasteiger partial charge in [-0.15, -0.1) is 0 Å². The van der Waals surface area contributed by atoms with Crippen molar-refractivity contribution >= 4 is 0 Å². The molecule has 0 bridgehead atoms. The van der Waals surface area contributed by atoms with Crippen LogP contribution in [0.4, 0.5) is 0 Å². The Kier molecular flexibility index (Phi) is 1.84. The van der Waals surface area contributed by atoms with Crippen molar-refractivity contribution in [1.29, 1.82) is 0 Å². The second kappa shape index (κ2) is 3.01. The average molecular weight is 178 g/mol. The number of H-pyrrole nitrogens is 1. The van der Waals surface area contributed by atoms with Gasteiger partial charge in [0.2, 0.25) is 5.82 Å². The first-order valence-electron chi connectivity index (χ1n) is 4.14. The molecule has 2 heterocycles. The standard InChI is InChI=1S/C8H10N4O/c1-3-7-9-8(11-10-7)6-4-5(2)13-12-6/h4H,3H2,1-2H3,(H,9,10,11). The van der Waals surface area contributed by atoms with E-state index in [1.54, 1.807) is 0 Å². The number of nitrogens with one attached hydrogen (secondary N) is 1. The Bertz CT molecular complexity index is 404. The van der Waals surface area contributed by atoms with E-state index in [9.17, 15) is 0 Å². The highest BCUT2D eigenvalue weighted by molar-refractivity contribution is 5.47. The first-order valence-corrected chi connectivity index (χ1v) is 4.14. The van der Waals surface area contributed by atoms with Gasteiger partial charge >= 0.3 is 0 Å². The van der Waals surface area contributed by atoms with Gasteiger partial charge in [0, 0.05) is 12.5 Å². The van der Waals surface area contributed by atoms with Crippen LogP contribution >= 0.6 is 0 Å². The lowest BCUT2D eigenvalue weighted by atomic mass is 10.4. The molecule has 5 nitrogen and oxygen atoms in total. The van der Waals surface area contributed by atoms with E-state index in [0.717, 1.165) is 18.0 Å². The molecule has 0 radical (unpaired) electrons. The third kappa shape index (κ3) is 1.44. The number of hydrogen-bond donors (Lipinski definition) is 1. The average Bonchev–Trinajstić information content (AvgIpc) is 2.71. The maximum absolute atomic E-state index is 4.92. The lowest BCUT2D eigenvalue weighted by Crippen LogP contribution is -1.81. The molecule has 0 atom stereocenters. The summed E-state index contributed by atoms with van der Waals surface area (Å²) >= 11 is 0. The minimum absolute atomic E-state index is 0.591. The van der Waals surface area contributed by atoms with Gasteiger partial charge in [-0.05, 0) is 6.92 Å². The molecule has 0 saturated heterocycles. The molecule has 0 fully saturated rings. The van der Waals surface area contributed by atoms with Gasteiger partial charge in [-0.3, -0.25) is 5.10 Å². The molecule has 0 aromatic carbocycles. The van der Waals surface area contributed by atoms with Crippen LogP contribution in [0.1, 0.15) is 18.5 Å². The predicted molar refractivity (Wildman–Crippen MR) is 46.0 cm³/mol. The Morgan fingerprint density at radius 2 is 2.38 bits per heavy atom. The van der Waals surface area contributed by atoms with E-state index in [1.807, 2.05) is 19.9 Å². The molecule has 2 rings (SSSR count). The van der Waals surface area contributed by atoms with E-state index >= 15 is 0 Å². The van der Waals surface area contributed by atoms with E-state index < -0.39 is 0 Å². The Labute approximate surface area is 75.2 Å². The molecule has 0 spiro atoms. The Morgan fingerprint density at radius 3 is 2.92 bits per heavy atom. The van der Waals surface area contributed by atoms with Crippen molar-refractivity contribution in [2.45, 2.75) is 20.3 Å². The van der Waals surface area contributed by atoms with E-state index in [4.69, 9.17) is 4.52 Å². The fraction of sp³-hybridized carbons (Fsp3) is 0.375. The SMILES string of the molecule is CCc1nc(-c2cc(C)on2)n[nH]1. The number of rotatable bonds is 2. The highest BCUT2D eigenvalue weighted by Crippen LogP contribution is 2.13.